The van der Waals surface area contributed by atoms with Crippen LogP contribution in [-0.2, 0) is 9.53 Å². The SMILES string of the molecule is Cc1ccc2cc(C(=O)N3CCC[C@H](C(=O)N4CCOCC4)C3)c(C)nc2c1. The number of amides is 2. The average Bonchev–Trinajstić information content (AvgIpc) is 2.73. The predicted molar refractivity (Wildman–Crippen MR) is 107 cm³/mol. The van der Waals surface area contributed by atoms with Gasteiger partial charge in [-0.05, 0) is 44.4 Å². The van der Waals surface area contributed by atoms with Crippen LogP contribution in [0.5, 0.6) is 0 Å². The van der Waals surface area contributed by atoms with E-state index in [1.54, 1.807) is 0 Å². The van der Waals surface area contributed by atoms with Crippen LogP contribution in [0, 0.1) is 19.8 Å². The summed E-state index contributed by atoms with van der Waals surface area (Å²) in [6.45, 7) is 7.60. The average molecular weight is 381 g/mol. The maximum absolute atomic E-state index is 13.2. The number of hydrogen-bond acceptors (Lipinski definition) is 4. The first kappa shape index (κ1) is 18.9. The van der Waals surface area contributed by atoms with E-state index < -0.39 is 0 Å². The third-order valence-electron chi connectivity index (χ3n) is 5.77. The van der Waals surface area contributed by atoms with Crippen molar-refractivity contribution < 1.29 is 14.3 Å². The third kappa shape index (κ3) is 3.74. The minimum Gasteiger partial charge on any atom is -0.378 e. The molecule has 2 saturated heterocycles. The second kappa shape index (κ2) is 7.87. The molecule has 2 aliphatic rings. The molecule has 0 spiro atoms. The molecular weight excluding hydrogens is 354 g/mol. The number of carbonyl (C=O) groups is 2. The molecule has 148 valence electrons. The van der Waals surface area contributed by atoms with E-state index in [0.717, 1.165) is 35.0 Å². The van der Waals surface area contributed by atoms with Gasteiger partial charge in [0.25, 0.3) is 5.91 Å². The smallest absolute Gasteiger partial charge is 0.255 e. The molecule has 0 saturated carbocycles. The summed E-state index contributed by atoms with van der Waals surface area (Å²) in [6.07, 6.45) is 1.69. The summed E-state index contributed by atoms with van der Waals surface area (Å²) in [6, 6.07) is 8.02. The molecule has 4 rings (SSSR count). The lowest BCUT2D eigenvalue weighted by atomic mass is 9.95. The Balaban J connectivity index is 1.52. The molecule has 2 aliphatic heterocycles. The van der Waals surface area contributed by atoms with Crippen LogP contribution in [0.4, 0.5) is 0 Å². The van der Waals surface area contributed by atoms with Crippen molar-refractivity contribution in [1.29, 1.82) is 0 Å². The highest BCUT2D eigenvalue weighted by molar-refractivity contribution is 5.99. The van der Waals surface area contributed by atoms with Gasteiger partial charge in [-0.15, -0.1) is 0 Å². The fraction of sp³-hybridized carbons (Fsp3) is 0.500. The molecule has 0 N–H and O–H groups in total. The van der Waals surface area contributed by atoms with Crippen LogP contribution in [-0.4, -0.2) is 66.0 Å². The molecule has 0 unspecified atom stereocenters. The van der Waals surface area contributed by atoms with Gasteiger partial charge >= 0.3 is 0 Å². The van der Waals surface area contributed by atoms with E-state index in [4.69, 9.17) is 4.74 Å². The van der Waals surface area contributed by atoms with Crippen LogP contribution in [0.15, 0.2) is 24.3 Å². The Morgan fingerprint density at radius 3 is 2.64 bits per heavy atom. The molecule has 1 atom stereocenters. The number of piperidine rings is 1. The van der Waals surface area contributed by atoms with Crippen molar-refractivity contribution in [2.45, 2.75) is 26.7 Å². The lowest BCUT2D eigenvalue weighted by Gasteiger charge is -2.36. The molecule has 6 heteroatoms. The number of hydrogen-bond donors (Lipinski definition) is 0. The van der Waals surface area contributed by atoms with Gasteiger partial charge in [0.05, 0.1) is 35.9 Å². The lowest BCUT2D eigenvalue weighted by Crippen LogP contribution is -2.49. The topological polar surface area (TPSA) is 62.7 Å². The zero-order chi connectivity index (χ0) is 19.7. The second-order valence-electron chi connectivity index (χ2n) is 7.85. The van der Waals surface area contributed by atoms with Crippen molar-refractivity contribution in [3.8, 4) is 0 Å². The number of aromatic nitrogens is 1. The number of benzene rings is 1. The van der Waals surface area contributed by atoms with Crippen LogP contribution >= 0.6 is 0 Å². The summed E-state index contributed by atoms with van der Waals surface area (Å²) in [7, 11) is 0. The molecular formula is C22H27N3O3. The van der Waals surface area contributed by atoms with Crippen LogP contribution in [0.1, 0.15) is 34.5 Å². The van der Waals surface area contributed by atoms with Gasteiger partial charge < -0.3 is 14.5 Å². The lowest BCUT2D eigenvalue weighted by molar-refractivity contribution is -0.141. The Bertz CT molecular complexity index is 905. The van der Waals surface area contributed by atoms with E-state index in [1.807, 2.05) is 47.9 Å². The van der Waals surface area contributed by atoms with Gasteiger partial charge in [0, 0.05) is 31.6 Å². The van der Waals surface area contributed by atoms with Gasteiger partial charge in [0.1, 0.15) is 0 Å². The monoisotopic (exact) mass is 381 g/mol. The van der Waals surface area contributed by atoms with Crippen LogP contribution in [0.2, 0.25) is 0 Å². The molecule has 0 aliphatic carbocycles. The third-order valence-corrected chi connectivity index (χ3v) is 5.77. The largest absolute Gasteiger partial charge is 0.378 e. The van der Waals surface area contributed by atoms with E-state index in [2.05, 4.69) is 4.98 Å². The first-order valence-electron chi connectivity index (χ1n) is 10.1. The van der Waals surface area contributed by atoms with Crippen LogP contribution in [0.3, 0.4) is 0 Å². The molecule has 2 aromatic rings. The first-order valence-corrected chi connectivity index (χ1v) is 10.1. The zero-order valence-electron chi connectivity index (χ0n) is 16.6. The van der Waals surface area contributed by atoms with E-state index >= 15 is 0 Å². The van der Waals surface area contributed by atoms with E-state index in [1.165, 1.54) is 0 Å². The van der Waals surface area contributed by atoms with Gasteiger partial charge in [0.2, 0.25) is 5.91 Å². The van der Waals surface area contributed by atoms with Crippen molar-refractivity contribution >= 4 is 22.7 Å². The number of aryl methyl sites for hydroxylation is 2. The molecule has 0 bridgehead atoms. The standard InChI is InChI=1S/C22H27N3O3/c1-15-5-6-17-13-19(16(2)23-20(17)12-15)22(27)25-7-3-4-18(14-25)21(26)24-8-10-28-11-9-24/h5-6,12-13,18H,3-4,7-11,14H2,1-2H3/t18-/m0/s1. The Morgan fingerprint density at radius 1 is 1.07 bits per heavy atom. The normalized spacial score (nSPS) is 20.4. The zero-order valence-corrected chi connectivity index (χ0v) is 16.6. The van der Waals surface area contributed by atoms with E-state index in [9.17, 15) is 9.59 Å². The summed E-state index contributed by atoms with van der Waals surface area (Å²) in [5.74, 6) is 0.0174. The molecule has 6 nitrogen and oxygen atoms in total. The molecule has 1 aromatic carbocycles. The molecule has 2 amide bonds. The highest BCUT2D eigenvalue weighted by Gasteiger charge is 2.32. The summed E-state index contributed by atoms with van der Waals surface area (Å²) >= 11 is 0. The number of ether oxygens (including phenoxy) is 1. The van der Waals surface area contributed by atoms with E-state index in [0.29, 0.717) is 45.0 Å². The number of carbonyl (C=O) groups excluding carboxylic acids is 2. The predicted octanol–water partition coefficient (Wildman–Crippen LogP) is 2.56. The summed E-state index contributed by atoms with van der Waals surface area (Å²) in [5, 5.41) is 0.970. The minimum atomic E-state index is -0.118. The molecule has 3 heterocycles. The number of morpholine rings is 1. The molecule has 2 fully saturated rings. The van der Waals surface area contributed by atoms with Crippen molar-refractivity contribution in [1.82, 2.24) is 14.8 Å². The Hall–Kier alpha value is -2.47. The quantitative estimate of drug-likeness (QED) is 0.802. The highest BCUT2D eigenvalue weighted by atomic mass is 16.5. The molecule has 0 radical (unpaired) electrons. The number of nitrogens with zero attached hydrogens (tertiary/aromatic N) is 3. The van der Waals surface area contributed by atoms with Gasteiger partial charge in [-0.3, -0.25) is 14.6 Å². The Kier molecular flexibility index (Phi) is 5.31. The summed E-state index contributed by atoms with van der Waals surface area (Å²) < 4.78 is 5.34. The van der Waals surface area contributed by atoms with Crippen molar-refractivity contribution in [2.75, 3.05) is 39.4 Å². The molecule has 28 heavy (non-hydrogen) atoms. The number of likely N-dealkylation sites (tertiary alicyclic amines) is 1. The first-order chi connectivity index (χ1) is 13.5. The van der Waals surface area contributed by atoms with Crippen molar-refractivity contribution in [2.24, 2.45) is 5.92 Å². The fourth-order valence-electron chi connectivity index (χ4n) is 4.17. The maximum Gasteiger partial charge on any atom is 0.255 e. The summed E-state index contributed by atoms with van der Waals surface area (Å²) in [5.41, 5.74) is 3.44. The van der Waals surface area contributed by atoms with Gasteiger partial charge in [-0.2, -0.15) is 0 Å². The Morgan fingerprint density at radius 2 is 1.86 bits per heavy atom. The van der Waals surface area contributed by atoms with Gasteiger partial charge in [0.15, 0.2) is 0 Å². The number of fused-ring (bicyclic) bond motifs is 1. The fourth-order valence-corrected chi connectivity index (χ4v) is 4.17. The Labute approximate surface area is 165 Å². The van der Waals surface area contributed by atoms with Gasteiger partial charge in [-0.1, -0.05) is 12.1 Å². The second-order valence-corrected chi connectivity index (χ2v) is 7.85. The van der Waals surface area contributed by atoms with Crippen LogP contribution in [0.25, 0.3) is 10.9 Å². The van der Waals surface area contributed by atoms with E-state index in [-0.39, 0.29) is 17.7 Å². The number of rotatable bonds is 2. The maximum atomic E-state index is 13.2. The van der Waals surface area contributed by atoms with Crippen LogP contribution < -0.4 is 0 Å². The summed E-state index contributed by atoms with van der Waals surface area (Å²) in [4.78, 5) is 34.4. The molecule has 1 aromatic heterocycles. The van der Waals surface area contributed by atoms with Crippen molar-refractivity contribution in [3.05, 3.63) is 41.1 Å². The number of pyridine rings is 1. The van der Waals surface area contributed by atoms with Gasteiger partial charge in [-0.25, -0.2) is 0 Å². The van der Waals surface area contributed by atoms with Crippen molar-refractivity contribution in [3.63, 3.8) is 0 Å². The highest BCUT2D eigenvalue weighted by Crippen LogP contribution is 2.24. The minimum absolute atomic E-state index is 0.0213.